The van der Waals surface area contributed by atoms with Crippen molar-refractivity contribution in [3.8, 4) is 23.0 Å². The van der Waals surface area contributed by atoms with Crippen LogP contribution >= 0.6 is 0 Å². The number of carbonyl (C=O) groups excluding carboxylic acids is 2. The summed E-state index contributed by atoms with van der Waals surface area (Å²) in [6, 6.07) is 3.91. The van der Waals surface area contributed by atoms with Gasteiger partial charge in [0.15, 0.2) is 17.3 Å². The molecule has 3 rings (SSSR count). The molecule has 1 aliphatic rings. The van der Waals surface area contributed by atoms with E-state index in [1.807, 2.05) is 0 Å². The second-order valence-corrected chi connectivity index (χ2v) is 5.24. The van der Waals surface area contributed by atoms with E-state index in [-0.39, 0.29) is 40.4 Å². The number of hydrogen-bond acceptors (Lipinski definition) is 7. The fraction of sp³-hybridized carbons (Fsp3) is 0.176. The largest absolute Gasteiger partial charge is 0.504 e. The summed E-state index contributed by atoms with van der Waals surface area (Å²) in [6.45, 7) is -0.336. The maximum atomic E-state index is 12.8. The number of phenols is 2. The first-order valence-electron chi connectivity index (χ1n) is 6.98. The Morgan fingerprint density at radius 2 is 1.58 bits per heavy atom. The zero-order chi connectivity index (χ0) is 17.6. The van der Waals surface area contributed by atoms with E-state index in [1.165, 1.54) is 26.4 Å². The van der Waals surface area contributed by atoms with Gasteiger partial charge in [0, 0.05) is 11.1 Å². The minimum absolute atomic E-state index is 0.00440. The van der Waals surface area contributed by atoms with Crippen LogP contribution in [0.15, 0.2) is 18.2 Å². The smallest absolute Gasteiger partial charge is 0.203 e. The molecule has 1 aliphatic carbocycles. The molecule has 24 heavy (non-hydrogen) atoms. The summed E-state index contributed by atoms with van der Waals surface area (Å²) in [7, 11) is 2.56. The first-order chi connectivity index (χ1) is 11.4. The fourth-order valence-electron chi connectivity index (χ4n) is 2.86. The number of hydrogen-bond donors (Lipinski definition) is 3. The Balaban J connectivity index is 2.36. The Bertz CT molecular complexity index is 883. The lowest BCUT2D eigenvalue weighted by molar-refractivity contribution is 0.0973. The number of aliphatic hydroxyl groups is 1. The van der Waals surface area contributed by atoms with Gasteiger partial charge in [0.1, 0.15) is 5.75 Å². The summed E-state index contributed by atoms with van der Waals surface area (Å²) in [6.07, 6.45) is 0. The summed E-state index contributed by atoms with van der Waals surface area (Å²) in [4.78, 5) is 25.6. The number of aromatic hydroxyl groups is 2. The lowest BCUT2D eigenvalue weighted by atomic mass is 9.82. The Morgan fingerprint density at radius 1 is 0.917 bits per heavy atom. The number of phenolic OH excluding ortho intramolecular Hbond substituents is 2. The third-order valence-corrected chi connectivity index (χ3v) is 3.95. The Labute approximate surface area is 136 Å². The molecule has 0 amide bonds. The molecule has 0 atom stereocenters. The number of methoxy groups -OCH3 is 2. The molecule has 0 radical (unpaired) electrons. The van der Waals surface area contributed by atoms with Gasteiger partial charge < -0.3 is 24.8 Å². The summed E-state index contributed by atoms with van der Waals surface area (Å²) in [5.74, 6) is -2.43. The highest BCUT2D eigenvalue weighted by Crippen LogP contribution is 2.45. The number of benzene rings is 2. The number of ether oxygens (including phenoxy) is 2. The molecule has 7 nitrogen and oxygen atoms in total. The number of fused-ring (bicyclic) bond motifs is 2. The summed E-state index contributed by atoms with van der Waals surface area (Å²) >= 11 is 0. The molecule has 124 valence electrons. The van der Waals surface area contributed by atoms with Crippen LogP contribution in [0.5, 0.6) is 23.0 Å². The molecule has 0 saturated heterocycles. The second-order valence-electron chi connectivity index (χ2n) is 5.24. The van der Waals surface area contributed by atoms with Gasteiger partial charge in [-0.05, 0) is 23.8 Å². The normalized spacial score (nSPS) is 12.6. The van der Waals surface area contributed by atoms with Gasteiger partial charge in [-0.15, -0.1) is 0 Å². The van der Waals surface area contributed by atoms with Gasteiger partial charge in [-0.25, -0.2) is 0 Å². The van der Waals surface area contributed by atoms with E-state index in [4.69, 9.17) is 9.47 Å². The average Bonchev–Trinajstić information content (AvgIpc) is 2.58. The van der Waals surface area contributed by atoms with Crippen LogP contribution in [0.3, 0.4) is 0 Å². The minimum atomic E-state index is -0.628. The highest BCUT2D eigenvalue weighted by atomic mass is 16.5. The van der Waals surface area contributed by atoms with Gasteiger partial charge in [-0.2, -0.15) is 0 Å². The van der Waals surface area contributed by atoms with Crippen molar-refractivity contribution in [2.75, 3.05) is 14.2 Å². The standard InChI is InChI=1S/C17H14O7/c1-23-11-4-7(6-18)3-8-12(11)15(21)13-9(14(8)20)5-10(19)17(24-2)16(13)22/h3-5,18-19,22H,6H2,1-2H3. The van der Waals surface area contributed by atoms with E-state index in [2.05, 4.69) is 0 Å². The fourth-order valence-corrected chi connectivity index (χ4v) is 2.86. The molecule has 0 aromatic heterocycles. The van der Waals surface area contributed by atoms with Crippen LogP contribution in [0.1, 0.15) is 37.4 Å². The van der Waals surface area contributed by atoms with E-state index in [0.29, 0.717) is 5.56 Å². The second kappa shape index (κ2) is 5.54. The van der Waals surface area contributed by atoms with Crippen molar-refractivity contribution in [3.63, 3.8) is 0 Å². The molecular weight excluding hydrogens is 316 g/mol. The van der Waals surface area contributed by atoms with E-state index in [9.17, 15) is 24.9 Å². The SMILES string of the molecule is COc1cc(CO)cc2c1C(=O)c1c(cc(O)c(OC)c1O)C2=O. The molecule has 0 bridgehead atoms. The van der Waals surface area contributed by atoms with Gasteiger partial charge in [0.05, 0.1) is 32.0 Å². The molecule has 7 heteroatoms. The third-order valence-electron chi connectivity index (χ3n) is 3.95. The maximum absolute atomic E-state index is 12.8. The van der Waals surface area contributed by atoms with Crippen molar-refractivity contribution in [2.45, 2.75) is 6.61 Å². The molecule has 0 aliphatic heterocycles. The van der Waals surface area contributed by atoms with Crippen LogP contribution in [0.25, 0.3) is 0 Å². The van der Waals surface area contributed by atoms with E-state index in [0.717, 1.165) is 6.07 Å². The number of ketones is 2. The molecule has 0 saturated carbocycles. The van der Waals surface area contributed by atoms with Gasteiger partial charge >= 0.3 is 0 Å². The Kier molecular flexibility index (Phi) is 3.65. The average molecular weight is 330 g/mol. The molecule has 0 unspecified atom stereocenters. The summed E-state index contributed by atoms with van der Waals surface area (Å²) in [5, 5.41) is 29.5. The molecule has 2 aromatic rings. The predicted molar refractivity (Wildman–Crippen MR) is 82.1 cm³/mol. The lowest BCUT2D eigenvalue weighted by Crippen LogP contribution is -2.22. The first-order valence-corrected chi connectivity index (χ1v) is 6.98. The van der Waals surface area contributed by atoms with Crippen molar-refractivity contribution >= 4 is 11.6 Å². The third kappa shape index (κ3) is 2.02. The first kappa shape index (κ1) is 15.8. The van der Waals surface area contributed by atoms with Crippen LogP contribution in [0.4, 0.5) is 0 Å². The van der Waals surface area contributed by atoms with Crippen LogP contribution in [0, 0.1) is 0 Å². The summed E-state index contributed by atoms with van der Waals surface area (Å²) < 4.78 is 10.0. The Hall–Kier alpha value is -3.06. The maximum Gasteiger partial charge on any atom is 0.203 e. The van der Waals surface area contributed by atoms with Gasteiger partial charge in [-0.3, -0.25) is 9.59 Å². The van der Waals surface area contributed by atoms with E-state index < -0.39 is 23.1 Å². The number of carbonyl (C=O) groups is 2. The minimum Gasteiger partial charge on any atom is -0.504 e. The van der Waals surface area contributed by atoms with Crippen LogP contribution < -0.4 is 9.47 Å². The van der Waals surface area contributed by atoms with Crippen molar-refractivity contribution in [1.82, 2.24) is 0 Å². The molecule has 0 fully saturated rings. The Morgan fingerprint density at radius 3 is 2.17 bits per heavy atom. The lowest BCUT2D eigenvalue weighted by Gasteiger charge is -2.22. The summed E-state index contributed by atoms with van der Waals surface area (Å²) in [5.41, 5.74) is 0.0462. The zero-order valence-electron chi connectivity index (χ0n) is 12.9. The zero-order valence-corrected chi connectivity index (χ0v) is 12.9. The number of rotatable bonds is 3. The monoisotopic (exact) mass is 330 g/mol. The molecular formula is C17H14O7. The van der Waals surface area contributed by atoms with Gasteiger partial charge in [0.2, 0.25) is 11.5 Å². The van der Waals surface area contributed by atoms with Gasteiger partial charge in [0.25, 0.3) is 0 Å². The van der Waals surface area contributed by atoms with Crippen LogP contribution in [-0.2, 0) is 6.61 Å². The van der Waals surface area contributed by atoms with Crippen LogP contribution in [0.2, 0.25) is 0 Å². The van der Waals surface area contributed by atoms with E-state index in [1.54, 1.807) is 0 Å². The molecule has 0 spiro atoms. The topological polar surface area (TPSA) is 113 Å². The highest BCUT2D eigenvalue weighted by molar-refractivity contribution is 6.30. The van der Waals surface area contributed by atoms with Crippen molar-refractivity contribution in [2.24, 2.45) is 0 Å². The quantitative estimate of drug-likeness (QED) is 0.665. The van der Waals surface area contributed by atoms with Crippen molar-refractivity contribution in [1.29, 1.82) is 0 Å². The van der Waals surface area contributed by atoms with E-state index >= 15 is 0 Å². The molecule has 2 aromatic carbocycles. The highest BCUT2D eigenvalue weighted by Gasteiger charge is 2.37. The van der Waals surface area contributed by atoms with Gasteiger partial charge in [-0.1, -0.05) is 0 Å². The molecule has 0 heterocycles. The molecule has 3 N–H and O–H groups in total. The van der Waals surface area contributed by atoms with Crippen molar-refractivity contribution < 1.29 is 34.4 Å². The number of aliphatic hydroxyl groups excluding tert-OH is 1. The predicted octanol–water partition coefficient (Wildman–Crippen LogP) is 1.38. The van der Waals surface area contributed by atoms with Crippen LogP contribution in [-0.4, -0.2) is 41.1 Å². The van der Waals surface area contributed by atoms with Crippen molar-refractivity contribution in [3.05, 3.63) is 46.0 Å².